The summed E-state index contributed by atoms with van der Waals surface area (Å²) in [6, 6.07) is -0.524. The van der Waals surface area contributed by atoms with E-state index in [1.807, 2.05) is 4.90 Å². The molecule has 9 nitrogen and oxygen atoms in total. The van der Waals surface area contributed by atoms with Crippen molar-refractivity contribution in [3.05, 3.63) is 10.1 Å². The minimum atomic E-state index is -0.867. The number of carbonyl (C=O) groups excluding carboxylic acids is 1. The fourth-order valence-corrected chi connectivity index (χ4v) is 2.13. The molecule has 0 saturated carbocycles. The van der Waals surface area contributed by atoms with Gasteiger partial charge in [0, 0.05) is 19.6 Å². The molecule has 0 aromatic carbocycles. The highest BCUT2D eigenvalue weighted by molar-refractivity contribution is 5.81. The highest BCUT2D eigenvalue weighted by Crippen LogP contribution is 2.10. The van der Waals surface area contributed by atoms with E-state index in [0.717, 1.165) is 32.4 Å². The van der Waals surface area contributed by atoms with Gasteiger partial charge in [-0.2, -0.15) is 0 Å². The van der Waals surface area contributed by atoms with Gasteiger partial charge in [0.2, 0.25) is 5.91 Å². The number of piperidine rings is 1. The highest BCUT2D eigenvalue weighted by Gasteiger charge is 2.21. The topological polar surface area (TPSA) is 140 Å². The number of carbonyl (C=O) groups is 1. The van der Waals surface area contributed by atoms with E-state index in [1.165, 1.54) is 0 Å². The third-order valence-corrected chi connectivity index (χ3v) is 3.17. The third-order valence-electron chi connectivity index (χ3n) is 3.17. The summed E-state index contributed by atoms with van der Waals surface area (Å²) in [7, 11) is 0. The van der Waals surface area contributed by atoms with Crippen LogP contribution in [0.5, 0.6) is 0 Å². The van der Waals surface area contributed by atoms with Gasteiger partial charge in [-0.25, -0.2) is 10.1 Å². The fourth-order valence-electron chi connectivity index (χ4n) is 2.13. The summed E-state index contributed by atoms with van der Waals surface area (Å²) < 4.78 is 0. The lowest BCUT2D eigenvalue weighted by molar-refractivity contribution is -0.485. The van der Waals surface area contributed by atoms with Crippen molar-refractivity contribution in [3.8, 4) is 0 Å². The SMILES string of the molecule is N/C(=N\[N+](=O)[O-])NCCC[C@H](N)C(=O)N1CCCCC1. The minimum Gasteiger partial charge on any atom is -0.365 e. The quantitative estimate of drug-likeness (QED) is 0.192. The number of nitrogens with one attached hydrogen (secondary N) is 1. The lowest BCUT2D eigenvalue weighted by Gasteiger charge is -2.29. The first-order chi connectivity index (χ1) is 9.50. The maximum atomic E-state index is 12.0. The van der Waals surface area contributed by atoms with Crippen LogP contribution in [0.15, 0.2) is 5.10 Å². The fraction of sp³-hybridized carbons (Fsp3) is 0.818. The molecule has 0 aromatic heterocycles. The first-order valence-corrected chi connectivity index (χ1v) is 6.77. The summed E-state index contributed by atoms with van der Waals surface area (Å²) >= 11 is 0. The first kappa shape index (κ1) is 16.2. The molecule has 0 spiro atoms. The number of nitrogens with two attached hydrogens (primary N) is 2. The van der Waals surface area contributed by atoms with Crippen LogP contribution in [0.2, 0.25) is 0 Å². The Labute approximate surface area is 117 Å². The number of hydrogen-bond acceptors (Lipinski definition) is 4. The molecule has 0 unspecified atom stereocenters. The number of hydrazone groups is 1. The molecule has 0 bridgehead atoms. The molecule has 0 aliphatic carbocycles. The molecular formula is C11H22N6O3. The average molecular weight is 286 g/mol. The smallest absolute Gasteiger partial charge is 0.266 e. The maximum absolute atomic E-state index is 12.0. The van der Waals surface area contributed by atoms with Crippen molar-refractivity contribution in [2.45, 2.75) is 38.1 Å². The van der Waals surface area contributed by atoms with Crippen LogP contribution in [-0.2, 0) is 4.79 Å². The summed E-state index contributed by atoms with van der Waals surface area (Å²) in [6.07, 6.45) is 4.34. The van der Waals surface area contributed by atoms with E-state index in [0.29, 0.717) is 19.4 Å². The summed E-state index contributed by atoms with van der Waals surface area (Å²) in [6.45, 7) is 1.96. The number of hydrogen-bond donors (Lipinski definition) is 3. The molecule has 0 aromatic rings. The molecule has 9 heteroatoms. The highest BCUT2D eigenvalue weighted by atomic mass is 16.7. The summed E-state index contributed by atoms with van der Waals surface area (Å²) in [4.78, 5) is 23.9. The van der Waals surface area contributed by atoms with Crippen molar-refractivity contribution in [2.24, 2.45) is 16.6 Å². The number of guanidine groups is 1. The Morgan fingerprint density at radius 1 is 1.40 bits per heavy atom. The van der Waals surface area contributed by atoms with E-state index in [9.17, 15) is 14.9 Å². The average Bonchev–Trinajstić information content (AvgIpc) is 2.42. The van der Waals surface area contributed by atoms with E-state index >= 15 is 0 Å². The largest absolute Gasteiger partial charge is 0.365 e. The summed E-state index contributed by atoms with van der Waals surface area (Å²) in [5.41, 5.74) is 11.1. The second-order valence-corrected chi connectivity index (χ2v) is 4.78. The van der Waals surface area contributed by atoms with Gasteiger partial charge >= 0.3 is 0 Å². The van der Waals surface area contributed by atoms with Crippen molar-refractivity contribution >= 4 is 11.9 Å². The van der Waals surface area contributed by atoms with Gasteiger partial charge in [0.15, 0.2) is 5.03 Å². The van der Waals surface area contributed by atoms with E-state index in [-0.39, 0.29) is 11.9 Å². The first-order valence-electron chi connectivity index (χ1n) is 6.77. The number of likely N-dealkylation sites (tertiary alicyclic amines) is 1. The zero-order valence-electron chi connectivity index (χ0n) is 11.5. The molecule has 1 aliphatic rings. The third kappa shape index (κ3) is 5.83. The van der Waals surface area contributed by atoms with Crippen LogP contribution >= 0.6 is 0 Å². The van der Waals surface area contributed by atoms with Gasteiger partial charge in [-0.05, 0) is 32.1 Å². The van der Waals surface area contributed by atoms with E-state index in [1.54, 1.807) is 0 Å². The van der Waals surface area contributed by atoms with Gasteiger partial charge < -0.3 is 21.7 Å². The predicted molar refractivity (Wildman–Crippen MR) is 74.3 cm³/mol. The van der Waals surface area contributed by atoms with Crippen LogP contribution in [0.1, 0.15) is 32.1 Å². The van der Waals surface area contributed by atoms with Crippen LogP contribution in [0, 0.1) is 10.1 Å². The number of rotatable bonds is 6. The Kier molecular flexibility index (Phi) is 6.71. The molecule has 1 atom stereocenters. The monoisotopic (exact) mass is 286 g/mol. The van der Waals surface area contributed by atoms with Gasteiger partial charge in [-0.15, -0.1) is 0 Å². The number of nitro groups is 1. The van der Waals surface area contributed by atoms with Crippen molar-refractivity contribution in [1.82, 2.24) is 10.2 Å². The maximum Gasteiger partial charge on any atom is 0.266 e. The Morgan fingerprint density at radius 2 is 2.05 bits per heavy atom. The number of amides is 1. The molecule has 1 rings (SSSR count). The minimum absolute atomic E-state index is 0.0170. The van der Waals surface area contributed by atoms with Gasteiger partial charge in [0.05, 0.1) is 6.04 Å². The molecule has 1 fully saturated rings. The van der Waals surface area contributed by atoms with Crippen LogP contribution in [0.4, 0.5) is 0 Å². The van der Waals surface area contributed by atoms with Crippen LogP contribution in [0.3, 0.4) is 0 Å². The number of nitrogens with zero attached hydrogens (tertiary/aromatic N) is 3. The normalized spacial score (nSPS) is 17.6. The Morgan fingerprint density at radius 3 is 2.65 bits per heavy atom. The second-order valence-electron chi connectivity index (χ2n) is 4.78. The van der Waals surface area contributed by atoms with Crippen molar-refractivity contribution in [2.75, 3.05) is 19.6 Å². The molecule has 1 aliphatic heterocycles. The van der Waals surface area contributed by atoms with Crippen molar-refractivity contribution in [1.29, 1.82) is 0 Å². The molecule has 1 heterocycles. The lowest BCUT2D eigenvalue weighted by atomic mass is 10.1. The lowest BCUT2D eigenvalue weighted by Crippen LogP contribution is -2.46. The van der Waals surface area contributed by atoms with E-state index in [4.69, 9.17) is 11.5 Å². The van der Waals surface area contributed by atoms with Crippen molar-refractivity contribution < 1.29 is 9.83 Å². The molecule has 5 N–H and O–H groups in total. The Bertz CT molecular complexity index is 367. The molecule has 1 saturated heterocycles. The molecule has 1 amide bonds. The van der Waals surface area contributed by atoms with Gasteiger partial charge in [0.1, 0.15) is 5.10 Å². The zero-order chi connectivity index (χ0) is 15.0. The van der Waals surface area contributed by atoms with Gasteiger partial charge in [-0.3, -0.25) is 4.79 Å². The Hall–Kier alpha value is -1.90. The molecule has 114 valence electrons. The molecule has 0 radical (unpaired) electrons. The van der Waals surface area contributed by atoms with Crippen LogP contribution in [0.25, 0.3) is 0 Å². The summed E-state index contributed by atoms with van der Waals surface area (Å²) in [5.74, 6) is -0.262. The van der Waals surface area contributed by atoms with Crippen LogP contribution in [-0.4, -0.2) is 47.5 Å². The summed E-state index contributed by atoms with van der Waals surface area (Å²) in [5, 5.41) is 14.7. The zero-order valence-corrected chi connectivity index (χ0v) is 11.5. The molecular weight excluding hydrogens is 264 g/mol. The molecule has 20 heavy (non-hydrogen) atoms. The van der Waals surface area contributed by atoms with E-state index < -0.39 is 11.1 Å². The predicted octanol–water partition coefficient (Wildman–Crippen LogP) is -0.798. The van der Waals surface area contributed by atoms with Crippen molar-refractivity contribution in [3.63, 3.8) is 0 Å². The van der Waals surface area contributed by atoms with E-state index in [2.05, 4.69) is 10.4 Å². The standard InChI is InChI=1S/C11H22N6O3/c12-9(10(18)16-7-2-1-3-8-16)5-4-6-14-11(13)15-17(19)20/h9H,1-8,12H2,(H3,13,14,15)/t9-/m0/s1. The van der Waals surface area contributed by atoms with Gasteiger partial charge in [0.25, 0.3) is 5.96 Å². The van der Waals surface area contributed by atoms with Gasteiger partial charge in [-0.1, -0.05) is 0 Å². The Balaban J connectivity index is 2.20. The van der Waals surface area contributed by atoms with Crippen LogP contribution < -0.4 is 16.8 Å². The second kappa shape index (κ2) is 8.31.